The maximum atomic E-state index is 12.1. The van der Waals surface area contributed by atoms with Crippen LogP contribution in [0.15, 0.2) is 29.4 Å². The van der Waals surface area contributed by atoms with Gasteiger partial charge in [0, 0.05) is 11.6 Å². The van der Waals surface area contributed by atoms with Gasteiger partial charge in [0.2, 0.25) is 5.91 Å². The van der Waals surface area contributed by atoms with Crippen LogP contribution in [0.1, 0.15) is 43.7 Å². The lowest BCUT2D eigenvalue weighted by Gasteiger charge is -2.27. The normalized spacial score (nSPS) is 22.8. The fourth-order valence-corrected chi connectivity index (χ4v) is 2.88. The molecule has 0 saturated heterocycles. The number of carbonyl (C=O) groups is 1. The summed E-state index contributed by atoms with van der Waals surface area (Å²) in [5.41, 5.74) is 7.07. The number of nitrogens with one attached hydrogen (secondary N) is 1. The molecule has 1 aliphatic carbocycles. The number of benzene rings is 1. The molecule has 0 spiro atoms. The predicted molar refractivity (Wildman–Crippen MR) is 82.2 cm³/mol. The first-order valence-electron chi connectivity index (χ1n) is 7.44. The van der Waals surface area contributed by atoms with E-state index in [0.29, 0.717) is 23.9 Å². The highest BCUT2D eigenvalue weighted by atomic mass is 16.4. The summed E-state index contributed by atoms with van der Waals surface area (Å²) in [6.45, 7) is 2.24. The van der Waals surface area contributed by atoms with E-state index in [0.717, 1.165) is 18.4 Å². The summed E-state index contributed by atoms with van der Waals surface area (Å²) in [7, 11) is 0. The molecule has 0 radical (unpaired) electrons. The summed E-state index contributed by atoms with van der Waals surface area (Å²) in [6.07, 6.45) is 4.98. The van der Waals surface area contributed by atoms with Gasteiger partial charge in [0.05, 0.1) is 6.42 Å². The van der Waals surface area contributed by atoms with Gasteiger partial charge in [0.25, 0.3) is 0 Å². The standard InChI is InChI=1S/C16H23N3O2/c1-11-3-2-4-14(9-11)18-15(20)10-12-5-7-13(8-6-12)16(17)19-21/h5-8,11,14,21H,2-4,9-10H2,1H3,(H2,17,19)(H,18,20). The summed E-state index contributed by atoms with van der Waals surface area (Å²) >= 11 is 0. The number of hydrogen-bond acceptors (Lipinski definition) is 3. The van der Waals surface area contributed by atoms with Crippen molar-refractivity contribution in [2.45, 2.75) is 45.1 Å². The van der Waals surface area contributed by atoms with E-state index in [4.69, 9.17) is 10.9 Å². The molecule has 5 heteroatoms. The average molecular weight is 289 g/mol. The third-order valence-electron chi connectivity index (χ3n) is 4.02. The van der Waals surface area contributed by atoms with Crippen molar-refractivity contribution >= 4 is 11.7 Å². The van der Waals surface area contributed by atoms with Gasteiger partial charge in [-0.25, -0.2) is 0 Å². The average Bonchev–Trinajstić information content (AvgIpc) is 2.47. The Morgan fingerprint density at radius 1 is 1.38 bits per heavy atom. The number of hydrogen-bond donors (Lipinski definition) is 3. The first-order valence-corrected chi connectivity index (χ1v) is 7.44. The fraction of sp³-hybridized carbons (Fsp3) is 0.500. The van der Waals surface area contributed by atoms with Gasteiger partial charge in [-0.15, -0.1) is 0 Å². The summed E-state index contributed by atoms with van der Waals surface area (Å²) in [5.74, 6) is 0.830. The molecule has 0 bridgehead atoms. The number of oxime groups is 1. The first-order chi connectivity index (χ1) is 10.1. The monoisotopic (exact) mass is 289 g/mol. The van der Waals surface area contributed by atoms with E-state index in [-0.39, 0.29) is 11.7 Å². The molecular formula is C16H23N3O2. The van der Waals surface area contributed by atoms with Gasteiger partial charge in [-0.3, -0.25) is 4.79 Å². The Bertz CT molecular complexity index is 511. The van der Waals surface area contributed by atoms with Crippen LogP contribution < -0.4 is 11.1 Å². The van der Waals surface area contributed by atoms with Gasteiger partial charge in [-0.05, 0) is 24.3 Å². The van der Waals surface area contributed by atoms with Crippen molar-refractivity contribution in [1.29, 1.82) is 0 Å². The molecule has 2 rings (SSSR count). The highest BCUT2D eigenvalue weighted by Gasteiger charge is 2.20. The third kappa shape index (κ3) is 4.48. The minimum atomic E-state index is 0.0608. The van der Waals surface area contributed by atoms with Gasteiger partial charge in [-0.1, -0.05) is 49.2 Å². The van der Waals surface area contributed by atoms with E-state index in [1.165, 1.54) is 12.8 Å². The highest BCUT2D eigenvalue weighted by molar-refractivity contribution is 5.97. The summed E-state index contributed by atoms with van der Waals surface area (Å²) in [4.78, 5) is 12.1. The molecular weight excluding hydrogens is 266 g/mol. The molecule has 1 aromatic carbocycles. The quantitative estimate of drug-likeness (QED) is 0.343. The van der Waals surface area contributed by atoms with E-state index in [9.17, 15) is 4.79 Å². The molecule has 1 aliphatic rings. The molecule has 21 heavy (non-hydrogen) atoms. The summed E-state index contributed by atoms with van der Waals surface area (Å²) in [5, 5.41) is 14.7. The van der Waals surface area contributed by atoms with Gasteiger partial charge in [0.15, 0.2) is 5.84 Å². The highest BCUT2D eigenvalue weighted by Crippen LogP contribution is 2.23. The van der Waals surface area contributed by atoms with Crippen LogP contribution in [0.4, 0.5) is 0 Å². The van der Waals surface area contributed by atoms with Crippen molar-refractivity contribution in [2.75, 3.05) is 0 Å². The number of nitrogens with two attached hydrogens (primary N) is 1. The SMILES string of the molecule is CC1CCCC(NC(=O)Cc2ccc(C(N)=NO)cc2)C1. The van der Waals surface area contributed by atoms with Crippen molar-refractivity contribution < 1.29 is 10.0 Å². The molecule has 1 saturated carbocycles. The van der Waals surface area contributed by atoms with Gasteiger partial charge < -0.3 is 16.3 Å². The lowest BCUT2D eigenvalue weighted by Crippen LogP contribution is -2.38. The predicted octanol–water partition coefficient (Wildman–Crippen LogP) is 2.02. The zero-order chi connectivity index (χ0) is 15.2. The van der Waals surface area contributed by atoms with Crippen molar-refractivity contribution in [1.82, 2.24) is 5.32 Å². The molecule has 2 atom stereocenters. The second kappa shape index (κ2) is 7.11. The summed E-state index contributed by atoms with van der Waals surface area (Å²) < 4.78 is 0. The van der Waals surface area contributed by atoms with Crippen LogP contribution in [-0.4, -0.2) is 23.0 Å². The molecule has 114 valence electrons. The Hall–Kier alpha value is -2.04. The van der Waals surface area contributed by atoms with E-state index < -0.39 is 0 Å². The number of amides is 1. The Kier molecular flexibility index (Phi) is 5.20. The molecule has 1 amide bonds. The van der Waals surface area contributed by atoms with Crippen LogP contribution >= 0.6 is 0 Å². The van der Waals surface area contributed by atoms with Crippen molar-refractivity contribution in [3.8, 4) is 0 Å². The summed E-state index contributed by atoms with van der Waals surface area (Å²) in [6, 6.07) is 7.48. The molecule has 1 fully saturated rings. The first kappa shape index (κ1) is 15.4. The third-order valence-corrected chi connectivity index (χ3v) is 4.02. The molecule has 4 N–H and O–H groups in total. The van der Waals surface area contributed by atoms with Crippen LogP contribution in [0.3, 0.4) is 0 Å². The van der Waals surface area contributed by atoms with Crippen LogP contribution in [0, 0.1) is 5.92 Å². The molecule has 0 aliphatic heterocycles. The second-order valence-corrected chi connectivity index (χ2v) is 5.90. The minimum Gasteiger partial charge on any atom is -0.409 e. The topological polar surface area (TPSA) is 87.7 Å². The molecule has 0 heterocycles. The van der Waals surface area contributed by atoms with Crippen LogP contribution in [-0.2, 0) is 11.2 Å². The van der Waals surface area contributed by atoms with Gasteiger partial charge in [-0.2, -0.15) is 0 Å². The lowest BCUT2D eigenvalue weighted by atomic mass is 9.87. The largest absolute Gasteiger partial charge is 0.409 e. The fourth-order valence-electron chi connectivity index (χ4n) is 2.88. The van der Waals surface area contributed by atoms with Crippen LogP contribution in [0.25, 0.3) is 0 Å². The lowest BCUT2D eigenvalue weighted by molar-refractivity contribution is -0.121. The Labute approximate surface area is 125 Å². The molecule has 1 aromatic rings. The Balaban J connectivity index is 1.87. The number of amidine groups is 1. The van der Waals surface area contributed by atoms with E-state index >= 15 is 0 Å². The smallest absolute Gasteiger partial charge is 0.224 e. The van der Waals surface area contributed by atoms with Crippen molar-refractivity contribution in [2.24, 2.45) is 16.8 Å². The van der Waals surface area contributed by atoms with E-state index in [2.05, 4.69) is 17.4 Å². The van der Waals surface area contributed by atoms with E-state index in [1.807, 2.05) is 12.1 Å². The maximum absolute atomic E-state index is 12.1. The van der Waals surface area contributed by atoms with Crippen molar-refractivity contribution in [3.05, 3.63) is 35.4 Å². The van der Waals surface area contributed by atoms with Gasteiger partial charge >= 0.3 is 0 Å². The zero-order valence-electron chi connectivity index (χ0n) is 12.4. The van der Waals surface area contributed by atoms with Crippen LogP contribution in [0.5, 0.6) is 0 Å². The van der Waals surface area contributed by atoms with Crippen molar-refractivity contribution in [3.63, 3.8) is 0 Å². The second-order valence-electron chi connectivity index (χ2n) is 5.90. The number of carbonyl (C=O) groups excluding carboxylic acids is 1. The van der Waals surface area contributed by atoms with Crippen LogP contribution in [0.2, 0.25) is 0 Å². The molecule has 2 unspecified atom stereocenters. The molecule has 0 aromatic heterocycles. The van der Waals surface area contributed by atoms with E-state index in [1.54, 1.807) is 12.1 Å². The number of rotatable bonds is 4. The van der Waals surface area contributed by atoms with Gasteiger partial charge in [0.1, 0.15) is 0 Å². The Morgan fingerprint density at radius 2 is 2.10 bits per heavy atom. The maximum Gasteiger partial charge on any atom is 0.224 e. The minimum absolute atomic E-state index is 0.0608. The zero-order valence-corrected chi connectivity index (χ0v) is 12.4. The molecule has 5 nitrogen and oxygen atoms in total. The Morgan fingerprint density at radius 3 is 2.71 bits per heavy atom. The number of nitrogens with zero attached hydrogens (tertiary/aromatic N) is 1.